The third kappa shape index (κ3) is 2.69. The highest BCUT2D eigenvalue weighted by atomic mass is 79.9. The normalized spacial score (nSPS) is 19.1. The van der Waals surface area contributed by atoms with Gasteiger partial charge in [-0.15, -0.1) is 0 Å². The molecule has 1 unspecified atom stereocenters. The van der Waals surface area contributed by atoms with Gasteiger partial charge >= 0.3 is 0 Å². The SMILES string of the molecule is COc1ccc(C(Br)CC2(OC)CCC2)c(F)c1. The fourth-order valence-corrected chi connectivity index (χ4v) is 3.35. The van der Waals surface area contributed by atoms with E-state index in [1.165, 1.54) is 19.6 Å². The van der Waals surface area contributed by atoms with E-state index in [4.69, 9.17) is 9.47 Å². The smallest absolute Gasteiger partial charge is 0.131 e. The molecule has 0 spiro atoms. The van der Waals surface area contributed by atoms with Crippen LogP contribution in [0.3, 0.4) is 0 Å². The molecule has 1 fully saturated rings. The van der Waals surface area contributed by atoms with Gasteiger partial charge in [0.05, 0.1) is 12.7 Å². The lowest BCUT2D eigenvalue weighted by Gasteiger charge is -2.42. The molecule has 2 nitrogen and oxygen atoms in total. The monoisotopic (exact) mass is 316 g/mol. The largest absolute Gasteiger partial charge is 0.497 e. The van der Waals surface area contributed by atoms with E-state index in [2.05, 4.69) is 15.9 Å². The van der Waals surface area contributed by atoms with Gasteiger partial charge in [-0.2, -0.15) is 0 Å². The van der Waals surface area contributed by atoms with Crippen LogP contribution in [0.15, 0.2) is 18.2 Å². The summed E-state index contributed by atoms with van der Waals surface area (Å²) >= 11 is 3.57. The van der Waals surface area contributed by atoms with E-state index in [0.29, 0.717) is 11.3 Å². The molecule has 0 N–H and O–H groups in total. The number of hydrogen-bond acceptors (Lipinski definition) is 2. The minimum atomic E-state index is -0.234. The van der Waals surface area contributed by atoms with E-state index in [9.17, 15) is 4.39 Å². The minimum absolute atomic E-state index is 0.0244. The van der Waals surface area contributed by atoms with Gasteiger partial charge in [-0.05, 0) is 31.7 Å². The molecular weight excluding hydrogens is 299 g/mol. The summed E-state index contributed by atoms with van der Waals surface area (Å²) in [6, 6.07) is 4.98. The lowest BCUT2D eigenvalue weighted by atomic mass is 9.76. The highest BCUT2D eigenvalue weighted by Crippen LogP contribution is 2.45. The number of rotatable bonds is 5. The van der Waals surface area contributed by atoms with Gasteiger partial charge < -0.3 is 9.47 Å². The third-order valence-corrected chi connectivity index (χ3v) is 4.61. The first-order valence-electron chi connectivity index (χ1n) is 6.13. The van der Waals surface area contributed by atoms with Crippen molar-refractivity contribution in [2.45, 2.75) is 36.1 Å². The van der Waals surface area contributed by atoms with Crippen molar-refractivity contribution >= 4 is 15.9 Å². The molecule has 1 aliphatic carbocycles. The number of halogens is 2. The maximum atomic E-state index is 13.9. The average molecular weight is 317 g/mol. The molecule has 18 heavy (non-hydrogen) atoms. The zero-order valence-corrected chi connectivity index (χ0v) is 12.3. The molecule has 1 atom stereocenters. The van der Waals surface area contributed by atoms with Crippen molar-refractivity contribution in [1.82, 2.24) is 0 Å². The Morgan fingerprint density at radius 3 is 2.56 bits per heavy atom. The first kappa shape index (κ1) is 13.8. The van der Waals surface area contributed by atoms with Crippen molar-refractivity contribution in [3.05, 3.63) is 29.6 Å². The fourth-order valence-electron chi connectivity index (χ4n) is 2.39. The summed E-state index contributed by atoms with van der Waals surface area (Å²) in [7, 11) is 3.28. The zero-order chi connectivity index (χ0) is 13.2. The van der Waals surface area contributed by atoms with Gasteiger partial charge in [0.25, 0.3) is 0 Å². The van der Waals surface area contributed by atoms with E-state index in [1.54, 1.807) is 19.2 Å². The van der Waals surface area contributed by atoms with Crippen LogP contribution in [-0.2, 0) is 4.74 Å². The Balaban J connectivity index is 2.11. The molecule has 0 radical (unpaired) electrons. The van der Waals surface area contributed by atoms with Crippen LogP contribution in [0.4, 0.5) is 4.39 Å². The van der Waals surface area contributed by atoms with Gasteiger partial charge in [0.2, 0.25) is 0 Å². The maximum Gasteiger partial charge on any atom is 0.131 e. The molecule has 4 heteroatoms. The number of methoxy groups -OCH3 is 2. The van der Waals surface area contributed by atoms with Crippen LogP contribution < -0.4 is 4.74 Å². The predicted molar refractivity (Wildman–Crippen MR) is 72.8 cm³/mol. The number of hydrogen-bond donors (Lipinski definition) is 0. The Kier molecular flexibility index (Phi) is 4.28. The van der Waals surface area contributed by atoms with Crippen LogP contribution in [0.25, 0.3) is 0 Å². The summed E-state index contributed by atoms with van der Waals surface area (Å²) < 4.78 is 24.5. The van der Waals surface area contributed by atoms with Gasteiger partial charge in [-0.25, -0.2) is 4.39 Å². The van der Waals surface area contributed by atoms with E-state index in [0.717, 1.165) is 19.3 Å². The Hall–Kier alpha value is -0.610. The summed E-state index contributed by atoms with van der Waals surface area (Å²) in [5.41, 5.74) is 0.597. The summed E-state index contributed by atoms with van der Waals surface area (Å²) in [4.78, 5) is -0.0244. The molecule has 0 aliphatic heterocycles. The fraction of sp³-hybridized carbons (Fsp3) is 0.571. The molecule has 0 bridgehead atoms. The second-order valence-electron chi connectivity index (χ2n) is 4.80. The molecule has 1 saturated carbocycles. The van der Waals surface area contributed by atoms with Crippen LogP contribution >= 0.6 is 15.9 Å². The first-order valence-corrected chi connectivity index (χ1v) is 7.04. The van der Waals surface area contributed by atoms with Crippen molar-refractivity contribution in [3.63, 3.8) is 0 Å². The Morgan fingerprint density at radius 2 is 2.11 bits per heavy atom. The van der Waals surface area contributed by atoms with Crippen molar-refractivity contribution in [2.24, 2.45) is 0 Å². The topological polar surface area (TPSA) is 18.5 Å². The third-order valence-electron chi connectivity index (χ3n) is 3.79. The van der Waals surface area contributed by atoms with Crippen LogP contribution in [-0.4, -0.2) is 19.8 Å². The number of ether oxygens (including phenoxy) is 2. The number of benzene rings is 1. The lowest BCUT2D eigenvalue weighted by Crippen LogP contribution is -2.39. The lowest BCUT2D eigenvalue weighted by molar-refractivity contribution is -0.0774. The van der Waals surface area contributed by atoms with Crippen LogP contribution in [0.5, 0.6) is 5.75 Å². The van der Waals surface area contributed by atoms with Crippen molar-refractivity contribution in [3.8, 4) is 5.75 Å². The van der Waals surface area contributed by atoms with E-state index in [1.807, 2.05) is 0 Å². The molecule has 0 saturated heterocycles. The Morgan fingerprint density at radius 1 is 1.39 bits per heavy atom. The molecular formula is C14H18BrFO2. The molecule has 2 rings (SSSR count). The maximum absolute atomic E-state index is 13.9. The van der Waals surface area contributed by atoms with E-state index in [-0.39, 0.29) is 16.2 Å². The van der Waals surface area contributed by atoms with Gasteiger partial charge in [0, 0.05) is 23.6 Å². The van der Waals surface area contributed by atoms with Crippen LogP contribution in [0, 0.1) is 5.82 Å². The van der Waals surface area contributed by atoms with E-state index >= 15 is 0 Å². The molecule has 0 heterocycles. The average Bonchev–Trinajstić information content (AvgIpc) is 2.33. The zero-order valence-electron chi connectivity index (χ0n) is 10.7. The highest BCUT2D eigenvalue weighted by molar-refractivity contribution is 9.09. The first-order chi connectivity index (χ1) is 8.60. The molecule has 100 valence electrons. The highest BCUT2D eigenvalue weighted by Gasteiger charge is 2.39. The summed E-state index contributed by atoms with van der Waals surface area (Å²) in [6.07, 6.45) is 4.11. The predicted octanol–water partition coefficient (Wildman–Crippen LogP) is 4.23. The van der Waals surface area contributed by atoms with Gasteiger partial charge in [-0.1, -0.05) is 22.0 Å². The van der Waals surface area contributed by atoms with Crippen molar-refractivity contribution in [1.29, 1.82) is 0 Å². The quantitative estimate of drug-likeness (QED) is 0.757. The van der Waals surface area contributed by atoms with Gasteiger partial charge in [0.15, 0.2) is 0 Å². The molecule has 0 amide bonds. The van der Waals surface area contributed by atoms with Gasteiger partial charge in [-0.3, -0.25) is 0 Å². The van der Waals surface area contributed by atoms with Crippen LogP contribution in [0.2, 0.25) is 0 Å². The van der Waals surface area contributed by atoms with E-state index < -0.39 is 0 Å². The minimum Gasteiger partial charge on any atom is -0.497 e. The van der Waals surface area contributed by atoms with Crippen LogP contribution in [0.1, 0.15) is 36.1 Å². The molecule has 1 aromatic rings. The van der Waals surface area contributed by atoms with Crippen molar-refractivity contribution in [2.75, 3.05) is 14.2 Å². The Labute approximate surface area is 116 Å². The summed E-state index contributed by atoms with van der Waals surface area (Å²) in [5.74, 6) is 0.308. The summed E-state index contributed by atoms with van der Waals surface area (Å²) in [6.45, 7) is 0. The molecule has 1 aromatic carbocycles. The van der Waals surface area contributed by atoms with Crippen molar-refractivity contribution < 1.29 is 13.9 Å². The summed E-state index contributed by atoms with van der Waals surface area (Å²) in [5, 5.41) is 0. The second kappa shape index (κ2) is 5.57. The van der Waals surface area contributed by atoms with Gasteiger partial charge in [0.1, 0.15) is 11.6 Å². The standard InChI is InChI=1S/C14H18BrFO2/c1-17-10-4-5-11(13(16)8-10)12(15)9-14(18-2)6-3-7-14/h4-5,8,12H,3,6-7,9H2,1-2H3. The molecule has 0 aromatic heterocycles. The molecule has 1 aliphatic rings. The second-order valence-corrected chi connectivity index (χ2v) is 5.91. The Bertz CT molecular complexity index is 413. The number of alkyl halides is 1.